The summed E-state index contributed by atoms with van der Waals surface area (Å²) in [5.74, 6) is -0.0562. The summed E-state index contributed by atoms with van der Waals surface area (Å²) in [6, 6.07) is 0. The van der Waals surface area contributed by atoms with Crippen molar-refractivity contribution >= 4 is 16.7 Å². The maximum Gasteiger partial charge on any atom is 0.232 e. The van der Waals surface area contributed by atoms with Gasteiger partial charge in [0.2, 0.25) is 5.91 Å². The third-order valence-electron chi connectivity index (χ3n) is 1.67. The quantitative estimate of drug-likeness (QED) is 0.621. The van der Waals surface area contributed by atoms with E-state index < -0.39 is 10.8 Å². The van der Waals surface area contributed by atoms with Gasteiger partial charge in [0.1, 0.15) is 5.75 Å². The molecule has 5 heteroatoms. The van der Waals surface area contributed by atoms with Crippen LogP contribution in [0.4, 0.5) is 0 Å². The van der Waals surface area contributed by atoms with Crippen LogP contribution in [0.15, 0.2) is 0 Å². The number of nitrogens with one attached hydrogen (secondary N) is 1. The van der Waals surface area contributed by atoms with Crippen molar-refractivity contribution in [2.24, 2.45) is 5.73 Å². The summed E-state index contributed by atoms with van der Waals surface area (Å²) in [6.07, 6.45) is 0.700. The van der Waals surface area contributed by atoms with Gasteiger partial charge in [-0.15, -0.1) is 0 Å². The molecule has 78 valence electrons. The number of hydrogen-bond donors (Lipinski definition) is 2. The van der Waals surface area contributed by atoms with E-state index in [1.807, 2.05) is 13.8 Å². The zero-order valence-electron chi connectivity index (χ0n) is 8.21. The Labute approximate surface area is 81.7 Å². The SMILES string of the molecule is CCNC(=O)CS(=O)C(C)CCN. The van der Waals surface area contributed by atoms with Crippen LogP contribution in [0.3, 0.4) is 0 Å². The predicted molar refractivity (Wildman–Crippen MR) is 54.8 cm³/mol. The van der Waals surface area contributed by atoms with Gasteiger partial charge in [-0.25, -0.2) is 0 Å². The zero-order valence-corrected chi connectivity index (χ0v) is 9.02. The summed E-state index contributed by atoms with van der Waals surface area (Å²) in [5.41, 5.74) is 5.32. The van der Waals surface area contributed by atoms with E-state index >= 15 is 0 Å². The van der Waals surface area contributed by atoms with E-state index in [9.17, 15) is 9.00 Å². The molecule has 3 N–H and O–H groups in total. The first-order valence-electron chi connectivity index (χ1n) is 4.45. The molecule has 0 spiro atoms. The fourth-order valence-electron chi connectivity index (χ4n) is 0.886. The number of carbonyl (C=O) groups is 1. The Hall–Kier alpha value is -0.420. The normalized spacial score (nSPS) is 15.0. The largest absolute Gasteiger partial charge is 0.356 e. The van der Waals surface area contributed by atoms with Gasteiger partial charge in [-0.1, -0.05) is 6.92 Å². The lowest BCUT2D eigenvalue weighted by atomic mass is 10.3. The van der Waals surface area contributed by atoms with Gasteiger partial charge in [0.25, 0.3) is 0 Å². The molecule has 0 aliphatic carbocycles. The van der Waals surface area contributed by atoms with E-state index in [2.05, 4.69) is 5.32 Å². The van der Waals surface area contributed by atoms with Crippen LogP contribution < -0.4 is 11.1 Å². The molecule has 0 fully saturated rings. The maximum atomic E-state index is 11.4. The topological polar surface area (TPSA) is 72.2 Å². The maximum absolute atomic E-state index is 11.4. The third kappa shape index (κ3) is 5.76. The summed E-state index contributed by atoms with van der Waals surface area (Å²) in [5, 5.41) is 2.62. The molecule has 0 bridgehead atoms. The fraction of sp³-hybridized carbons (Fsp3) is 0.875. The van der Waals surface area contributed by atoms with Gasteiger partial charge >= 0.3 is 0 Å². The molecular weight excluding hydrogens is 188 g/mol. The van der Waals surface area contributed by atoms with Gasteiger partial charge in [0, 0.05) is 22.6 Å². The van der Waals surface area contributed by atoms with Crippen molar-refractivity contribution in [1.29, 1.82) is 0 Å². The van der Waals surface area contributed by atoms with Crippen LogP contribution in [0, 0.1) is 0 Å². The molecule has 0 radical (unpaired) electrons. The Kier molecular flexibility index (Phi) is 6.80. The minimum absolute atomic E-state index is 0.00704. The van der Waals surface area contributed by atoms with Crippen LogP contribution in [0.25, 0.3) is 0 Å². The molecule has 0 saturated carbocycles. The van der Waals surface area contributed by atoms with Crippen molar-refractivity contribution in [3.8, 4) is 0 Å². The van der Waals surface area contributed by atoms with Crippen molar-refractivity contribution in [3.63, 3.8) is 0 Å². The number of amides is 1. The molecule has 0 rings (SSSR count). The number of rotatable bonds is 6. The van der Waals surface area contributed by atoms with Crippen LogP contribution >= 0.6 is 0 Å². The van der Waals surface area contributed by atoms with Crippen molar-refractivity contribution < 1.29 is 9.00 Å². The van der Waals surface area contributed by atoms with Crippen LogP contribution in [-0.4, -0.2) is 34.2 Å². The van der Waals surface area contributed by atoms with Gasteiger partial charge in [-0.2, -0.15) is 0 Å². The molecular formula is C8H18N2O2S. The lowest BCUT2D eigenvalue weighted by Crippen LogP contribution is -2.31. The molecule has 0 saturated heterocycles. The van der Waals surface area contributed by atoms with E-state index in [1.54, 1.807) is 0 Å². The molecule has 2 unspecified atom stereocenters. The van der Waals surface area contributed by atoms with E-state index in [-0.39, 0.29) is 16.9 Å². The van der Waals surface area contributed by atoms with Crippen molar-refractivity contribution in [3.05, 3.63) is 0 Å². The second-order valence-corrected chi connectivity index (χ2v) is 4.72. The predicted octanol–water partition coefficient (Wildman–Crippen LogP) is -0.391. The molecule has 4 nitrogen and oxygen atoms in total. The second-order valence-electron chi connectivity index (χ2n) is 2.87. The van der Waals surface area contributed by atoms with Crippen LogP contribution in [0.1, 0.15) is 20.3 Å². The first kappa shape index (κ1) is 12.6. The Morgan fingerprint density at radius 1 is 1.62 bits per heavy atom. The molecule has 1 amide bonds. The lowest BCUT2D eigenvalue weighted by Gasteiger charge is -2.09. The Morgan fingerprint density at radius 3 is 2.69 bits per heavy atom. The van der Waals surface area contributed by atoms with Gasteiger partial charge in [0.05, 0.1) is 0 Å². The number of nitrogens with two attached hydrogens (primary N) is 1. The Balaban J connectivity index is 3.78. The van der Waals surface area contributed by atoms with Crippen LogP contribution in [-0.2, 0) is 15.6 Å². The lowest BCUT2D eigenvalue weighted by molar-refractivity contribution is -0.118. The minimum Gasteiger partial charge on any atom is -0.356 e. The van der Waals surface area contributed by atoms with Crippen molar-refractivity contribution in [2.75, 3.05) is 18.8 Å². The van der Waals surface area contributed by atoms with Crippen LogP contribution in [0.2, 0.25) is 0 Å². The molecule has 0 aromatic rings. The monoisotopic (exact) mass is 206 g/mol. The Bertz CT molecular complexity index is 185. The van der Waals surface area contributed by atoms with Crippen molar-refractivity contribution in [2.45, 2.75) is 25.5 Å². The van der Waals surface area contributed by atoms with E-state index in [0.29, 0.717) is 19.5 Å². The molecule has 0 aromatic heterocycles. The van der Waals surface area contributed by atoms with E-state index in [1.165, 1.54) is 0 Å². The molecule has 0 aromatic carbocycles. The van der Waals surface area contributed by atoms with Gasteiger partial charge in [-0.3, -0.25) is 9.00 Å². The average Bonchev–Trinajstić information content (AvgIpc) is 2.05. The van der Waals surface area contributed by atoms with Gasteiger partial charge < -0.3 is 11.1 Å². The number of hydrogen-bond acceptors (Lipinski definition) is 3. The minimum atomic E-state index is -1.09. The third-order valence-corrected chi connectivity index (χ3v) is 3.35. The molecule has 0 aliphatic rings. The molecule has 0 aliphatic heterocycles. The summed E-state index contributed by atoms with van der Waals surface area (Å²) in [6.45, 7) is 4.79. The summed E-state index contributed by atoms with van der Waals surface area (Å²) >= 11 is 0. The Morgan fingerprint density at radius 2 is 2.23 bits per heavy atom. The fourth-order valence-corrected chi connectivity index (χ4v) is 1.93. The van der Waals surface area contributed by atoms with E-state index in [0.717, 1.165) is 0 Å². The summed E-state index contributed by atoms with van der Waals surface area (Å²) in [7, 11) is -1.09. The van der Waals surface area contributed by atoms with Crippen molar-refractivity contribution in [1.82, 2.24) is 5.32 Å². The smallest absolute Gasteiger partial charge is 0.232 e. The highest BCUT2D eigenvalue weighted by atomic mass is 32.2. The first-order chi connectivity index (χ1) is 6.11. The highest BCUT2D eigenvalue weighted by Crippen LogP contribution is 1.99. The summed E-state index contributed by atoms with van der Waals surface area (Å²) < 4.78 is 11.4. The summed E-state index contributed by atoms with van der Waals surface area (Å²) in [4.78, 5) is 11.0. The molecule has 0 heterocycles. The standard InChI is InChI=1S/C8H18N2O2S/c1-3-10-8(11)6-13(12)7(2)4-5-9/h7H,3-6,9H2,1-2H3,(H,10,11). The highest BCUT2D eigenvalue weighted by molar-refractivity contribution is 7.86. The van der Waals surface area contributed by atoms with Gasteiger partial charge in [-0.05, 0) is 19.9 Å². The zero-order chi connectivity index (χ0) is 10.3. The van der Waals surface area contributed by atoms with E-state index in [4.69, 9.17) is 5.73 Å². The number of carbonyl (C=O) groups excluding carboxylic acids is 1. The van der Waals surface area contributed by atoms with Gasteiger partial charge in [0.15, 0.2) is 0 Å². The molecule has 2 atom stereocenters. The van der Waals surface area contributed by atoms with Crippen LogP contribution in [0.5, 0.6) is 0 Å². The highest BCUT2D eigenvalue weighted by Gasteiger charge is 2.13. The first-order valence-corrected chi connectivity index (χ1v) is 5.84. The second kappa shape index (κ2) is 7.03. The average molecular weight is 206 g/mol. The molecule has 13 heavy (non-hydrogen) atoms.